The number of hydrogen-bond donors (Lipinski definition) is 2. The van der Waals surface area contributed by atoms with Crippen molar-refractivity contribution in [2.75, 3.05) is 20.1 Å². The van der Waals surface area contributed by atoms with Gasteiger partial charge in [0, 0.05) is 12.0 Å². The van der Waals surface area contributed by atoms with Gasteiger partial charge >= 0.3 is 0 Å². The van der Waals surface area contributed by atoms with Crippen LogP contribution in [-0.4, -0.2) is 30.9 Å². The Balaban J connectivity index is 2.22. The van der Waals surface area contributed by atoms with Crippen LogP contribution in [0.2, 0.25) is 0 Å². The van der Waals surface area contributed by atoms with Gasteiger partial charge in [0.25, 0.3) is 0 Å². The first-order valence-electron chi connectivity index (χ1n) is 6.99. The number of rotatable bonds is 8. The smallest absolute Gasteiger partial charge is 0.0963 e. The van der Waals surface area contributed by atoms with Crippen molar-refractivity contribution in [3.63, 3.8) is 0 Å². The highest BCUT2D eigenvalue weighted by atomic mass is 15.1. The average molecular weight is 261 g/mol. The largest absolute Gasteiger partial charge is 0.387 e. The van der Waals surface area contributed by atoms with E-state index in [1.807, 2.05) is 13.8 Å². The molecule has 0 aromatic heterocycles. The molecule has 0 heterocycles. The topological polar surface area (TPSA) is 53.1 Å². The molecular weight excluding hydrogens is 234 g/mol. The molecule has 106 valence electrons. The fourth-order valence-electron chi connectivity index (χ4n) is 2.00. The van der Waals surface area contributed by atoms with Crippen molar-refractivity contribution in [2.45, 2.75) is 33.1 Å². The molecular formula is C16H27N3. The maximum Gasteiger partial charge on any atom is 0.0963 e. The van der Waals surface area contributed by atoms with Gasteiger partial charge in [0.2, 0.25) is 0 Å². The minimum absolute atomic E-state index is 0.166. The zero-order valence-corrected chi connectivity index (χ0v) is 12.4. The Morgan fingerprint density at radius 3 is 2.42 bits per heavy atom. The van der Waals surface area contributed by atoms with Gasteiger partial charge in [-0.15, -0.1) is 0 Å². The Labute approximate surface area is 117 Å². The van der Waals surface area contributed by atoms with Gasteiger partial charge in [-0.25, -0.2) is 0 Å². The molecule has 1 aromatic rings. The highest BCUT2D eigenvalue weighted by Gasteiger charge is 2.20. The van der Waals surface area contributed by atoms with Crippen molar-refractivity contribution < 1.29 is 0 Å². The highest BCUT2D eigenvalue weighted by Crippen LogP contribution is 2.21. The van der Waals surface area contributed by atoms with Crippen LogP contribution < -0.4 is 5.73 Å². The van der Waals surface area contributed by atoms with Crippen LogP contribution in [-0.2, 0) is 6.42 Å². The molecule has 19 heavy (non-hydrogen) atoms. The lowest BCUT2D eigenvalue weighted by Gasteiger charge is -2.24. The van der Waals surface area contributed by atoms with Gasteiger partial charge in [0.1, 0.15) is 0 Å². The number of hydrogen-bond acceptors (Lipinski definition) is 2. The van der Waals surface area contributed by atoms with E-state index in [1.54, 1.807) is 0 Å². The molecule has 0 aliphatic heterocycles. The molecule has 0 atom stereocenters. The normalized spacial score (nSPS) is 11.8. The van der Waals surface area contributed by atoms with Crippen LogP contribution in [0.15, 0.2) is 30.3 Å². The number of nitrogens with two attached hydrogens (primary N) is 1. The summed E-state index contributed by atoms with van der Waals surface area (Å²) in [6, 6.07) is 10.6. The summed E-state index contributed by atoms with van der Waals surface area (Å²) in [5, 5.41) is 7.54. The van der Waals surface area contributed by atoms with Gasteiger partial charge in [0.05, 0.1) is 5.84 Å². The summed E-state index contributed by atoms with van der Waals surface area (Å²) >= 11 is 0. The molecule has 0 aliphatic rings. The van der Waals surface area contributed by atoms with Crippen LogP contribution in [0.25, 0.3) is 0 Å². The summed E-state index contributed by atoms with van der Waals surface area (Å²) in [7, 11) is 2.16. The van der Waals surface area contributed by atoms with E-state index in [0.717, 1.165) is 32.4 Å². The second-order valence-corrected chi connectivity index (χ2v) is 5.94. The van der Waals surface area contributed by atoms with Crippen LogP contribution >= 0.6 is 0 Å². The first-order chi connectivity index (χ1) is 8.92. The van der Waals surface area contributed by atoms with E-state index in [0.29, 0.717) is 5.84 Å². The lowest BCUT2D eigenvalue weighted by molar-refractivity contribution is 0.310. The molecule has 0 spiro atoms. The number of nitrogens with zero attached hydrogens (tertiary/aromatic N) is 1. The molecule has 0 radical (unpaired) electrons. The molecule has 0 saturated heterocycles. The standard InChI is InChI=1S/C16H27N3/c1-16(2,15(17)18)11-7-12-19(3)13-10-14-8-5-4-6-9-14/h4-6,8-9H,7,10-13H2,1-3H3,(H3,17,18). The fourth-order valence-corrected chi connectivity index (χ4v) is 2.00. The van der Waals surface area contributed by atoms with E-state index in [2.05, 4.69) is 42.3 Å². The Morgan fingerprint density at radius 2 is 1.84 bits per heavy atom. The maximum atomic E-state index is 7.54. The Morgan fingerprint density at radius 1 is 1.21 bits per heavy atom. The van der Waals surface area contributed by atoms with Crippen LogP contribution in [0.5, 0.6) is 0 Å². The predicted molar refractivity (Wildman–Crippen MR) is 82.6 cm³/mol. The van der Waals surface area contributed by atoms with Gasteiger partial charge in [0.15, 0.2) is 0 Å². The maximum absolute atomic E-state index is 7.54. The van der Waals surface area contributed by atoms with E-state index in [-0.39, 0.29) is 5.41 Å². The molecule has 0 unspecified atom stereocenters. The third kappa shape index (κ3) is 5.88. The predicted octanol–water partition coefficient (Wildman–Crippen LogP) is 2.90. The number of nitrogens with one attached hydrogen (secondary N) is 1. The van der Waals surface area contributed by atoms with Crippen LogP contribution in [0, 0.1) is 10.8 Å². The fraction of sp³-hybridized carbons (Fsp3) is 0.562. The Hall–Kier alpha value is -1.35. The summed E-state index contributed by atoms with van der Waals surface area (Å²) in [6.07, 6.45) is 3.14. The molecule has 3 nitrogen and oxygen atoms in total. The van der Waals surface area contributed by atoms with Crippen molar-refractivity contribution in [3.8, 4) is 0 Å². The van der Waals surface area contributed by atoms with Gasteiger partial charge in [-0.3, -0.25) is 5.41 Å². The van der Waals surface area contributed by atoms with Gasteiger partial charge in [-0.05, 0) is 38.4 Å². The molecule has 0 fully saturated rings. The van der Waals surface area contributed by atoms with Gasteiger partial charge < -0.3 is 10.6 Å². The molecule has 0 aliphatic carbocycles. The highest BCUT2D eigenvalue weighted by molar-refractivity contribution is 5.82. The molecule has 3 heteroatoms. The van der Waals surface area contributed by atoms with Crippen molar-refractivity contribution in [2.24, 2.45) is 11.1 Å². The van der Waals surface area contributed by atoms with Crippen LogP contribution in [0.4, 0.5) is 0 Å². The third-order valence-corrected chi connectivity index (χ3v) is 3.70. The first kappa shape index (κ1) is 15.7. The molecule has 0 saturated carbocycles. The van der Waals surface area contributed by atoms with Crippen molar-refractivity contribution in [1.29, 1.82) is 5.41 Å². The molecule has 0 bridgehead atoms. The molecule has 1 aromatic carbocycles. The quantitative estimate of drug-likeness (QED) is 0.558. The zero-order chi connectivity index (χ0) is 14.3. The second-order valence-electron chi connectivity index (χ2n) is 5.94. The first-order valence-corrected chi connectivity index (χ1v) is 6.99. The van der Waals surface area contributed by atoms with Gasteiger partial charge in [-0.1, -0.05) is 44.2 Å². The van der Waals surface area contributed by atoms with E-state index < -0.39 is 0 Å². The molecule has 0 amide bonds. The minimum atomic E-state index is -0.166. The monoisotopic (exact) mass is 261 g/mol. The van der Waals surface area contributed by atoms with E-state index in [4.69, 9.17) is 11.1 Å². The van der Waals surface area contributed by atoms with Crippen molar-refractivity contribution in [3.05, 3.63) is 35.9 Å². The lowest BCUT2D eigenvalue weighted by atomic mass is 9.86. The summed E-state index contributed by atoms with van der Waals surface area (Å²) < 4.78 is 0. The molecule has 3 N–H and O–H groups in total. The van der Waals surface area contributed by atoms with Crippen LogP contribution in [0.3, 0.4) is 0 Å². The number of likely N-dealkylation sites (N-methyl/N-ethyl adjacent to an activating group) is 1. The van der Waals surface area contributed by atoms with Crippen molar-refractivity contribution in [1.82, 2.24) is 4.90 Å². The summed E-state index contributed by atoms with van der Waals surface area (Å²) in [5.41, 5.74) is 6.81. The number of benzene rings is 1. The second kappa shape index (κ2) is 7.29. The minimum Gasteiger partial charge on any atom is -0.387 e. The summed E-state index contributed by atoms with van der Waals surface area (Å²) in [6.45, 7) is 6.21. The SMILES string of the molecule is CN(CCCC(C)(C)C(=N)N)CCc1ccccc1. The molecule has 1 rings (SSSR count). The zero-order valence-electron chi connectivity index (χ0n) is 12.4. The number of amidine groups is 1. The summed E-state index contributed by atoms with van der Waals surface area (Å²) in [4.78, 5) is 2.35. The lowest BCUT2D eigenvalue weighted by Crippen LogP contribution is -2.32. The Kier molecular flexibility index (Phi) is 6.03. The van der Waals surface area contributed by atoms with E-state index in [1.165, 1.54) is 5.56 Å². The Bertz CT molecular complexity index is 384. The summed E-state index contributed by atoms with van der Waals surface area (Å²) in [5.74, 6) is 0.291. The van der Waals surface area contributed by atoms with E-state index in [9.17, 15) is 0 Å². The van der Waals surface area contributed by atoms with Crippen LogP contribution in [0.1, 0.15) is 32.3 Å². The average Bonchev–Trinajstić information content (AvgIpc) is 2.37. The third-order valence-electron chi connectivity index (χ3n) is 3.70. The van der Waals surface area contributed by atoms with E-state index >= 15 is 0 Å². The van der Waals surface area contributed by atoms with Crippen molar-refractivity contribution >= 4 is 5.84 Å². The van der Waals surface area contributed by atoms with Gasteiger partial charge in [-0.2, -0.15) is 0 Å².